The van der Waals surface area contributed by atoms with Gasteiger partial charge in [-0.05, 0) is 31.0 Å². The van der Waals surface area contributed by atoms with Gasteiger partial charge in [-0.2, -0.15) is 0 Å². The van der Waals surface area contributed by atoms with Crippen molar-refractivity contribution in [2.75, 3.05) is 4.72 Å². The molecule has 1 aromatic heterocycles. The van der Waals surface area contributed by atoms with E-state index in [1.54, 1.807) is 19.1 Å². The van der Waals surface area contributed by atoms with Gasteiger partial charge in [0.15, 0.2) is 0 Å². The first kappa shape index (κ1) is 14.6. The summed E-state index contributed by atoms with van der Waals surface area (Å²) in [7, 11) is -3.71. The van der Waals surface area contributed by atoms with Gasteiger partial charge in [-0.25, -0.2) is 8.42 Å². The summed E-state index contributed by atoms with van der Waals surface area (Å²) >= 11 is 0. The average Bonchev–Trinajstić information content (AvgIpc) is 2.81. The maximum absolute atomic E-state index is 12.3. The number of rotatable bonds is 5. The Bertz CT molecular complexity index is 686. The van der Waals surface area contributed by atoms with E-state index < -0.39 is 10.0 Å². The molecule has 0 aliphatic carbocycles. The second kappa shape index (κ2) is 5.68. The van der Waals surface area contributed by atoms with Crippen LogP contribution in [0.4, 0.5) is 5.69 Å². The molecule has 2 aromatic rings. The van der Waals surface area contributed by atoms with E-state index >= 15 is 0 Å². The lowest BCUT2D eigenvalue weighted by molar-refractivity contribution is 0.245. The molecule has 0 saturated carbocycles. The third-order valence-electron chi connectivity index (χ3n) is 2.98. The van der Waals surface area contributed by atoms with E-state index in [1.807, 2.05) is 19.1 Å². The zero-order valence-electron chi connectivity index (χ0n) is 11.4. The minimum absolute atomic E-state index is 0.0427. The minimum atomic E-state index is -3.71. The lowest BCUT2D eigenvalue weighted by Gasteiger charge is -2.07. The molecule has 1 aromatic carbocycles. The first-order valence-electron chi connectivity index (χ1n) is 6.28. The molecule has 0 unspecified atom stereocenters. The van der Waals surface area contributed by atoms with Gasteiger partial charge in [0.2, 0.25) is 0 Å². The Morgan fingerprint density at radius 2 is 1.90 bits per heavy atom. The third-order valence-corrected chi connectivity index (χ3v) is 4.47. The number of benzene rings is 1. The van der Waals surface area contributed by atoms with Crippen LogP contribution in [-0.2, 0) is 23.1 Å². The van der Waals surface area contributed by atoms with E-state index in [0.717, 1.165) is 12.0 Å². The molecular weight excluding hydrogens is 278 g/mol. The van der Waals surface area contributed by atoms with Crippen molar-refractivity contribution in [1.82, 2.24) is 0 Å². The number of hydrogen-bond acceptors (Lipinski definition) is 4. The fourth-order valence-corrected chi connectivity index (χ4v) is 3.15. The van der Waals surface area contributed by atoms with Crippen LogP contribution < -0.4 is 4.72 Å². The number of aryl methyl sites for hydroxylation is 2. The Morgan fingerprint density at radius 1 is 1.25 bits per heavy atom. The van der Waals surface area contributed by atoms with Crippen LogP contribution in [0, 0.1) is 6.92 Å². The number of hydrogen-bond donors (Lipinski definition) is 2. The number of aliphatic hydroxyl groups is 1. The van der Waals surface area contributed by atoms with E-state index in [-0.39, 0.29) is 23.0 Å². The summed E-state index contributed by atoms with van der Waals surface area (Å²) in [6.07, 6.45) is 0.897. The smallest absolute Gasteiger partial charge is 0.265 e. The number of furan rings is 1. The Morgan fingerprint density at radius 3 is 2.40 bits per heavy atom. The first-order chi connectivity index (χ1) is 9.46. The summed E-state index contributed by atoms with van der Waals surface area (Å²) in [5, 5.41) is 8.98. The lowest BCUT2D eigenvalue weighted by Crippen LogP contribution is -2.13. The van der Waals surface area contributed by atoms with E-state index in [0.29, 0.717) is 5.69 Å². The minimum Gasteiger partial charge on any atom is -0.462 e. The molecule has 0 radical (unpaired) electrons. The van der Waals surface area contributed by atoms with E-state index in [2.05, 4.69) is 4.72 Å². The molecule has 1 heterocycles. The zero-order valence-corrected chi connectivity index (χ0v) is 12.2. The number of sulfonamides is 1. The van der Waals surface area contributed by atoms with Crippen molar-refractivity contribution in [3.05, 3.63) is 47.4 Å². The largest absolute Gasteiger partial charge is 0.462 e. The fourth-order valence-electron chi connectivity index (χ4n) is 1.89. The van der Waals surface area contributed by atoms with Gasteiger partial charge in [0.25, 0.3) is 10.0 Å². The number of anilines is 1. The summed E-state index contributed by atoms with van der Waals surface area (Å²) in [5.41, 5.74) is 1.63. The number of nitrogens with one attached hydrogen (secondary N) is 1. The molecule has 0 aliphatic heterocycles. The van der Waals surface area contributed by atoms with Crippen LogP contribution in [0.5, 0.6) is 0 Å². The highest BCUT2D eigenvalue weighted by molar-refractivity contribution is 7.92. The summed E-state index contributed by atoms with van der Waals surface area (Å²) in [4.78, 5) is 0.0427. The van der Waals surface area contributed by atoms with E-state index in [1.165, 1.54) is 6.07 Å². The monoisotopic (exact) mass is 295 g/mol. The molecule has 5 nitrogen and oxygen atoms in total. The highest BCUT2D eigenvalue weighted by Gasteiger charge is 2.21. The zero-order chi connectivity index (χ0) is 14.8. The van der Waals surface area contributed by atoms with Crippen LogP contribution in [-0.4, -0.2) is 13.5 Å². The first-order valence-corrected chi connectivity index (χ1v) is 7.76. The summed E-state index contributed by atoms with van der Waals surface area (Å²) < 4.78 is 32.2. The topological polar surface area (TPSA) is 79.5 Å². The van der Waals surface area contributed by atoms with Gasteiger partial charge in [0.1, 0.15) is 23.0 Å². The Hall–Kier alpha value is -1.79. The normalized spacial score (nSPS) is 11.6. The molecular formula is C14H17NO4S. The van der Waals surface area contributed by atoms with Crippen LogP contribution >= 0.6 is 0 Å². The lowest BCUT2D eigenvalue weighted by atomic mass is 10.2. The van der Waals surface area contributed by atoms with Gasteiger partial charge >= 0.3 is 0 Å². The molecule has 20 heavy (non-hydrogen) atoms. The van der Waals surface area contributed by atoms with Gasteiger partial charge in [-0.1, -0.05) is 19.1 Å². The van der Waals surface area contributed by atoms with Crippen LogP contribution in [0.1, 0.15) is 24.0 Å². The maximum Gasteiger partial charge on any atom is 0.265 e. The molecule has 0 saturated heterocycles. The molecule has 0 aliphatic rings. The molecule has 0 fully saturated rings. The van der Waals surface area contributed by atoms with Crippen LogP contribution in [0.25, 0.3) is 0 Å². The Labute approximate surface area is 118 Å². The van der Waals surface area contributed by atoms with Gasteiger partial charge in [-0.3, -0.25) is 4.72 Å². The van der Waals surface area contributed by atoms with Gasteiger partial charge in [0.05, 0.1) is 0 Å². The summed E-state index contributed by atoms with van der Waals surface area (Å²) in [5.74, 6) is 0.482. The second-order valence-electron chi connectivity index (χ2n) is 4.45. The molecule has 2 N–H and O–H groups in total. The highest BCUT2D eigenvalue weighted by Crippen LogP contribution is 2.23. The van der Waals surface area contributed by atoms with Crippen molar-refractivity contribution in [1.29, 1.82) is 0 Å². The number of aliphatic hydroxyl groups excluding tert-OH is 1. The van der Waals surface area contributed by atoms with Gasteiger partial charge < -0.3 is 9.52 Å². The Kier molecular flexibility index (Phi) is 4.15. The SMILES string of the molecule is CCc1ccc(NS(=O)(=O)c2cc(CO)oc2C)cc1. The van der Waals surface area contributed by atoms with Crippen molar-refractivity contribution in [2.45, 2.75) is 31.8 Å². The standard InChI is InChI=1S/C14H17NO4S/c1-3-11-4-6-12(7-5-11)15-20(17,18)14-8-13(9-16)19-10(14)2/h4-8,15-16H,3,9H2,1-2H3. The van der Waals surface area contributed by atoms with Crippen molar-refractivity contribution in [3.8, 4) is 0 Å². The molecule has 0 amide bonds. The predicted molar refractivity (Wildman–Crippen MR) is 76.0 cm³/mol. The molecule has 6 heteroatoms. The maximum atomic E-state index is 12.3. The highest BCUT2D eigenvalue weighted by atomic mass is 32.2. The third kappa shape index (κ3) is 3.02. The van der Waals surface area contributed by atoms with E-state index in [9.17, 15) is 8.42 Å². The van der Waals surface area contributed by atoms with Crippen molar-refractivity contribution < 1.29 is 17.9 Å². The molecule has 0 bridgehead atoms. The van der Waals surface area contributed by atoms with Crippen molar-refractivity contribution >= 4 is 15.7 Å². The van der Waals surface area contributed by atoms with Crippen molar-refractivity contribution in [2.24, 2.45) is 0 Å². The van der Waals surface area contributed by atoms with E-state index in [4.69, 9.17) is 9.52 Å². The molecule has 0 atom stereocenters. The molecule has 108 valence electrons. The molecule has 2 rings (SSSR count). The second-order valence-corrected chi connectivity index (χ2v) is 6.10. The predicted octanol–water partition coefficient (Wildman–Crippen LogP) is 2.44. The van der Waals surface area contributed by atoms with Crippen molar-refractivity contribution in [3.63, 3.8) is 0 Å². The Balaban J connectivity index is 2.27. The quantitative estimate of drug-likeness (QED) is 0.888. The summed E-state index contributed by atoms with van der Waals surface area (Å²) in [6, 6.07) is 8.52. The average molecular weight is 295 g/mol. The fraction of sp³-hybridized carbons (Fsp3) is 0.286. The molecule has 0 spiro atoms. The van der Waals surface area contributed by atoms with Crippen LogP contribution in [0.15, 0.2) is 39.6 Å². The summed E-state index contributed by atoms with van der Waals surface area (Å²) in [6.45, 7) is 3.25. The van der Waals surface area contributed by atoms with Gasteiger partial charge in [0, 0.05) is 11.8 Å². The van der Waals surface area contributed by atoms with Crippen LogP contribution in [0.3, 0.4) is 0 Å². The van der Waals surface area contributed by atoms with Crippen LogP contribution in [0.2, 0.25) is 0 Å². The van der Waals surface area contributed by atoms with Gasteiger partial charge in [-0.15, -0.1) is 0 Å².